The highest BCUT2D eigenvalue weighted by Gasteiger charge is 2.33. The largest absolute Gasteiger partial charge is 0.372 e. The third-order valence-electron chi connectivity index (χ3n) is 4.88. The van der Waals surface area contributed by atoms with Crippen LogP contribution in [0.4, 0.5) is 0 Å². The summed E-state index contributed by atoms with van der Waals surface area (Å²) in [6, 6.07) is 9.85. The van der Waals surface area contributed by atoms with E-state index in [1.165, 1.54) is 36.8 Å². The Morgan fingerprint density at radius 2 is 1.90 bits per heavy atom. The van der Waals surface area contributed by atoms with E-state index in [0.29, 0.717) is 12.0 Å². The zero-order valence-corrected chi connectivity index (χ0v) is 13.7. The predicted molar refractivity (Wildman–Crippen MR) is 87.7 cm³/mol. The van der Waals surface area contributed by atoms with Gasteiger partial charge in [-0.1, -0.05) is 29.8 Å². The van der Waals surface area contributed by atoms with E-state index in [1.807, 2.05) is 0 Å². The van der Waals surface area contributed by atoms with Crippen molar-refractivity contribution in [1.82, 2.24) is 5.32 Å². The average Bonchev–Trinajstić information content (AvgIpc) is 3.20. The fraction of sp³-hybridized carbons (Fsp3) is 0.684. The van der Waals surface area contributed by atoms with Crippen molar-refractivity contribution in [2.75, 3.05) is 6.54 Å². The van der Waals surface area contributed by atoms with Crippen molar-refractivity contribution in [3.63, 3.8) is 0 Å². The van der Waals surface area contributed by atoms with Crippen LogP contribution in [0.15, 0.2) is 24.3 Å². The number of ether oxygens (including phenoxy) is 1. The Labute approximate surface area is 129 Å². The zero-order valence-electron chi connectivity index (χ0n) is 13.7. The summed E-state index contributed by atoms with van der Waals surface area (Å²) >= 11 is 0. The number of aryl methyl sites for hydroxylation is 1. The molecule has 1 N–H and O–H groups in total. The molecule has 2 nitrogen and oxygen atoms in total. The van der Waals surface area contributed by atoms with Crippen LogP contribution in [0.3, 0.4) is 0 Å². The molecule has 2 aliphatic rings. The van der Waals surface area contributed by atoms with Crippen LogP contribution in [0.2, 0.25) is 0 Å². The lowest BCUT2D eigenvalue weighted by molar-refractivity contribution is -0.0209. The van der Waals surface area contributed by atoms with Crippen LogP contribution in [0.1, 0.15) is 63.0 Å². The van der Waals surface area contributed by atoms with Crippen molar-refractivity contribution in [3.8, 4) is 0 Å². The topological polar surface area (TPSA) is 21.3 Å². The normalized spacial score (nSPS) is 26.0. The molecule has 21 heavy (non-hydrogen) atoms. The molecule has 116 valence electrons. The van der Waals surface area contributed by atoms with E-state index < -0.39 is 0 Å². The van der Waals surface area contributed by atoms with Gasteiger partial charge in [0.05, 0.1) is 11.7 Å². The Morgan fingerprint density at radius 1 is 1.19 bits per heavy atom. The van der Waals surface area contributed by atoms with Crippen molar-refractivity contribution < 1.29 is 4.74 Å². The number of rotatable bonds is 6. The van der Waals surface area contributed by atoms with Crippen molar-refractivity contribution in [2.45, 2.75) is 76.5 Å². The summed E-state index contributed by atoms with van der Waals surface area (Å²) in [5.74, 6) is 0.574. The van der Waals surface area contributed by atoms with Gasteiger partial charge in [-0.15, -0.1) is 0 Å². The third kappa shape index (κ3) is 4.31. The Kier molecular flexibility index (Phi) is 4.37. The minimum atomic E-state index is 0.0758. The second-order valence-corrected chi connectivity index (χ2v) is 7.56. The molecule has 0 aromatic heterocycles. The van der Waals surface area contributed by atoms with E-state index in [0.717, 1.165) is 19.0 Å². The van der Waals surface area contributed by atoms with Crippen LogP contribution in [0.25, 0.3) is 0 Å². The van der Waals surface area contributed by atoms with Gasteiger partial charge in [0.2, 0.25) is 0 Å². The Balaban J connectivity index is 1.64. The molecule has 2 atom stereocenters. The Hall–Kier alpha value is -0.860. The molecule has 1 aliphatic heterocycles. The number of benzene rings is 1. The lowest BCUT2D eigenvalue weighted by Gasteiger charge is -2.24. The molecule has 3 rings (SSSR count). The van der Waals surface area contributed by atoms with Gasteiger partial charge in [0.15, 0.2) is 0 Å². The van der Waals surface area contributed by atoms with Gasteiger partial charge >= 0.3 is 0 Å². The minimum absolute atomic E-state index is 0.0758. The highest BCUT2D eigenvalue weighted by Crippen LogP contribution is 2.35. The first-order chi connectivity index (χ1) is 10.0. The quantitative estimate of drug-likeness (QED) is 0.847. The highest BCUT2D eigenvalue weighted by atomic mass is 16.5. The zero-order chi connectivity index (χ0) is 14.9. The highest BCUT2D eigenvalue weighted by molar-refractivity contribution is 5.25. The number of hydrogen-bond acceptors (Lipinski definition) is 2. The van der Waals surface area contributed by atoms with E-state index in [2.05, 4.69) is 50.4 Å². The maximum atomic E-state index is 6.22. The van der Waals surface area contributed by atoms with Crippen LogP contribution < -0.4 is 5.32 Å². The molecule has 2 unspecified atom stereocenters. The first-order valence-corrected chi connectivity index (χ1v) is 8.50. The summed E-state index contributed by atoms with van der Waals surface area (Å²) in [4.78, 5) is 0. The second kappa shape index (κ2) is 6.10. The van der Waals surface area contributed by atoms with Gasteiger partial charge in [0.1, 0.15) is 0 Å². The maximum absolute atomic E-state index is 6.22. The average molecular weight is 287 g/mol. The molecular weight excluding hydrogens is 258 g/mol. The van der Waals surface area contributed by atoms with Crippen LogP contribution in [0, 0.1) is 6.92 Å². The lowest BCUT2D eigenvalue weighted by atomic mass is 9.91. The molecule has 1 heterocycles. The molecular formula is C19H29NO. The van der Waals surface area contributed by atoms with Crippen molar-refractivity contribution in [2.24, 2.45) is 0 Å². The van der Waals surface area contributed by atoms with E-state index in [-0.39, 0.29) is 5.60 Å². The van der Waals surface area contributed by atoms with Crippen molar-refractivity contribution in [1.29, 1.82) is 0 Å². The molecule has 1 aromatic rings. The van der Waals surface area contributed by atoms with E-state index in [4.69, 9.17) is 4.74 Å². The van der Waals surface area contributed by atoms with Crippen LogP contribution >= 0.6 is 0 Å². The number of nitrogens with one attached hydrogen (secondary N) is 1. The summed E-state index contributed by atoms with van der Waals surface area (Å²) in [6.45, 7) is 7.69. The summed E-state index contributed by atoms with van der Waals surface area (Å²) in [5, 5.41) is 3.71. The molecule has 2 heteroatoms. The molecule has 0 radical (unpaired) electrons. The fourth-order valence-corrected chi connectivity index (χ4v) is 3.33. The second-order valence-electron chi connectivity index (χ2n) is 7.56. The summed E-state index contributed by atoms with van der Waals surface area (Å²) in [5.41, 5.74) is 2.87. The van der Waals surface area contributed by atoms with E-state index >= 15 is 0 Å². The molecule has 1 saturated heterocycles. The molecule has 1 aromatic carbocycles. The minimum Gasteiger partial charge on any atom is -0.372 e. The monoisotopic (exact) mass is 287 g/mol. The van der Waals surface area contributed by atoms with Gasteiger partial charge < -0.3 is 10.1 Å². The van der Waals surface area contributed by atoms with Crippen molar-refractivity contribution >= 4 is 0 Å². The first-order valence-electron chi connectivity index (χ1n) is 8.50. The summed E-state index contributed by atoms with van der Waals surface area (Å²) < 4.78 is 6.22. The molecule has 0 bridgehead atoms. The van der Waals surface area contributed by atoms with Crippen molar-refractivity contribution in [3.05, 3.63) is 35.4 Å². The number of hydrogen-bond donors (Lipinski definition) is 1. The van der Waals surface area contributed by atoms with Crippen LogP contribution in [-0.4, -0.2) is 24.3 Å². The smallest absolute Gasteiger partial charge is 0.0631 e. The molecule has 1 aliphatic carbocycles. The van der Waals surface area contributed by atoms with Gasteiger partial charge in [-0.3, -0.25) is 0 Å². The van der Waals surface area contributed by atoms with Crippen LogP contribution in [-0.2, 0) is 4.74 Å². The predicted octanol–water partition coefficient (Wildman–Crippen LogP) is 4.18. The fourth-order valence-electron chi connectivity index (χ4n) is 3.33. The van der Waals surface area contributed by atoms with E-state index in [9.17, 15) is 0 Å². The van der Waals surface area contributed by atoms with Gasteiger partial charge in [-0.2, -0.15) is 0 Å². The molecule has 2 fully saturated rings. The Bertz CT molecular complexity index is 461. The van der Waals surface area contributed by atoms with E-state index in [1.54, 1.807) is 0 Å². The van der Waals surface area contributed by atoms with Crippen LogP contribution in [0.5, 0.6) is 0 Å². The first kappa shape index (κ1) is 15.1. The van der Waals surface area contributed by atoms with Gasteiger partial charge in [0.25, 0.3) is 0 Å². The standard InChI is InChI=1S/C19H29NO/c1-14-4-6-15(7-5-14)16(13-20-17-8-9-17)12-18-10-11-19(2,3)21-18/h4-7,16-18,20H,8-13H2,1-3H3. The third-order valence-corrected chi connectivity index (χ3v) is 4.88. The molecule has 0 spiro atoms. The molecule has 0 amide bonds. The summed E-state index contributed by atoms with van der Waals surface area (Å²) in [7, 11) is 0. The maximum Gasteiger partial charge on any atom is 0.0631 e. The lowest BCUT2D eigenvalue weighted by Crippen LogP contribution is -2.27. The van der Waals surface area contributed by atoms with Gasteiger partial charge in [-0.25, -0.2) is 0 Å². The SMILES string of the molecule is Cc1ccc(C(CNC2CC2)CC2CCC(C)(C)O2)cc1. The van der Waals surface area contributed by atoms with Gasteiger partial charge in [-0.05, 0) is 64.4 Å². The Morgan fingerprint density at radius 3 is 2.48 bits per heavy atom. The summed E-state index contributed by atoms with van der Waals surface area (Å²) in [6.07, 6.45) is 6.67. The molecule has 1 saturated carbocycles. The van der Waals surface area contributed by atoms with Gasteiger partial charge in [0, 0.05) is 12.6 Å².